The summed E-state index contributed by atoms with van der Waals surface area (Å²) in [7, 11) is 0. The van der Waals surface area contributed by atoms with Crippen molar-refractivity contribution in [1.82, 2.24) is 19.5 Å². The first-order chi connectivity index (χ1) is 15.9. The molecule has 2 aromatic heterocycles. The maximum Gasteiger partial charge on any atom is 0.282 e. The Balaban J connectivity index is 1.28. The molecular weight excluding hydrogens is 448 g/mol. The van der Waals surface area contributed by atoms with E-state index in [1.54, 1.807) is 4.52 Å². The van der Waals surface area contributed by atoms with Crippen LogP contribution < -0.4 is 5.32 Å². The molecule has 164 valence electrons. The first-order valence-electron chi connectivity index (χ1n) is 9.77. The van der Waals surface area contributed by atoms with Gasteiger partial charge in [0, 0.05) is 30.0 Å². The number of nitrogens with one attached hydrogen (secondary N) is 1. The van der Waals surface area contributed by atoms with E-state index in [0.29, 0.717) is 4.96 Å². The minimum atomic E-state index is -0.789. The Morgan fingerprint density at radius 1 is 1.09 bits per heavy atom. The third-order valence-corrected chi connectivity index (χ3v) is 5.95. The van der Waals surface area contributed by atoms with Crippen molar-refractivity contribution in [1.29, 1.82) is 0 Å². The summed E-state index contributed by atoms with van der Waals surface area (Å²) in [6.07, 6.45) is -0.211. The Morgan fingerprint density at radius 3 is 2.64 bits per heavy atom. The number of benzene rings is 2. The SMILES string of the molecule is O=C(CCN1C(=O)c2cccc([N+](=O)[O-])c2C1=O)Nc1nc2scc(-c3ccccc3)n2n1. The molecule has 0 atom stereocenters. The molecule has 0 saturated heterocycles. The fourth-order valence-corrected chi connectivity index (χ4v) is 4.44. The van der Waals surface area contributed by atoms with Gasteiger partial charge in [0.1, 0.15) is 5.56 Å². The number of anilines is 1. The number of hydrogen-bond donors (Lipinski definition) is 1. The van der Waals surface area contributed by atoms with Crippen molar-refractivity contribution in [2.45, 2.75) is 6.42 Å². The van der Waals surface area contributed by atoms with Crippen LogP contribution in [0.1, 0.15) is 27.1 Å². The number of thiazole rings is 1. The fourth-order valence-electron chi connectivity index (χ4n) is 3.61. The predicted molar refractivity (Wildman–Crippen MR) is 118 cm³/mol. The van der Waals surface area contributed by atoms with Crippen LogP contribution in [0.3, 0.4) is 0 Å². The quantitative estimate of drug-likeness (QED) is 0.264. The van der Waals surface area contributed by atoms with E-state index in [2.05, 4.69) is 15.4 Å². The smallest absolute Gasteiger partial charge is 0.282 e. The molecule has 1 aliphatic rings. The van der Waals surface area contributed by atoms with E-state index >= 15 is 0 Å². The molecule has 1 N–H and O–H groups in total. The molecule has 0 unspecified atom stereocenters. The summed E-state index contributed by atoms with van der Waals surface area (Å²) in [5.41, 5.74) is 1.05. The minimum absolute atomic E-state index is 0.0425. The summed E-state index contributed by atoms with van der Waals surface area (Å²) in [6.45, 7) is -0.229. The second-order valence-electron chi connectivity index (χ2n) is 7.13. The van der Waals surface area contributed by atoms with Gasteiger partial charge in [-0.15, -0.1) is 16.4 Å². The number of rotatable bonds is 6. The van der Waals surface area contributed by atoms with E-state index in [1.807, 2.05) is 35.7 Å². The van der Waals surface area contributed by atoms with Crippen molar-refractivity contribution in [2.75, 3.05) is 11.9 Å². The molecule has 33 heavy (non-hydrogen) atoms. The van der Waals surface area contributed by atoms with Crippen LogP contribution in [0.15, 0.2) is 53.9 Å². The van der Waals surface area contributed by atoms with Crippen molar-refractivity contribution >= 4 is 45.7 Å². The number of nitro benzene ring substituents is 1. The summed E-state index contributed by atoms with van der Waals surface area (Å²) in [5, 5.41) is 20.0. The van der Waals surface area contributed by atoms with E-state index in [9.17, 15) is 24.5 Å². The molecule has 12 heteroatoms. The summed E-state index contributed by atoms with van der Waals surface area (Å²) >= 11 is 1.37. The zero-order valence-electron chi connectivity index (χ0n) is 16.8. The molecule has 11 nitrogen and oxygen atoms in total. The van der Waals surface area contributed by atoms with Crippen LogP contribution in [-0.4, -0.2) is 48.7 Å². The van der Waals surface area contributed by atoms with E-state index in [-0.39, 0.29) is 30.0 Å². The van der Waals surface area contributed by atoms with Crippen LogP contribution in [-0.2, 0) is 4.79 Å². The highest BCUT2D eigenvalue weighted by Crippen LogP contribution is 2.31. The van der Waals surface area contributed by atoms with Gasteiger partial charge < -0.3 is 0 Å². The fraction of sp³-hybridized carbons (Fsp3) is 0.0952. The molecular formula is C21H14N6O5S. The maximum atomic E-state index is 12.6. The highest BCUT2D eigenvalue weighted by molar-refractivity contribution is 7.15. The average molecular weight is 462 g/mol. The Hall–Kier alpha value is -4.45. The van der Waals surface area contributed by atoms with Crippen LogP contribution in [0.4, 0.5) is 11.6 Å². The molecule has 4 aromatic rings. The summed E-state index contributed by atoms with van der Waals surface area (Å²) in [5.74, 6) is -1.86. The molecule has 0 spiro atoms. The largest absolute Gasteiger partial charge is 0.293 e. The van der Waals surface area contributed by atoms with E-state index in [0.717, 1.165) is 16.2 Å². The average Bonchev–Trinajstić information content (AvgIpc) is 3.45. The Morgan fingerprint density at radius 2 is 1.88 bits per heavy atom. The molecule has 3 amide bonds. The van der Waals surface area contributed by atoms with Crippen LogP contribution >= 0.6 is 11.3 Å². The Kier molecular flexibility index (Phi) is 4.90. The molecule has 0 bridgehead atoms. The lowest BCUT2D eigenvalue weighted by Crippen LogP contribution is -2.33. The summed E-state index contributed by atoms with van der Waals surface area (Å²) in [6, 6.07) is 13.5. The molecule has 1 aliphatic heterocycles. The van der Waals surface area contributed by atoms with Crippen molar-refractivity contribution in [3.05, 3.63) is 75.2 Å². The van der Waals surface area contributed by atoms with E-state index in [1.165, 1.54) is 29.5 Å². The second-order valence-corrected chi connectivity index (χ2v) is 7.97. The van der Waals surface area contributed by atoms with Crippen molar-refractivity contribution < 1.29 is 19.3 Å². The molecule has 0 fully saturated rings. The van der Waals surface area contributed by atoms with E-state index < -0.39 is 28.3 Å². The van der Waals surface area contributed by atoms with Crippen LogP contribution in [0.2, 0.25) is 0 Å². The lowest BCUT2D eigenvalue weighted by molar-refractivity contribution is -0.385. The third-order valence-electron chi connectivity index (χ3n) is 5.14. The number of fused-ring (bicyclic) bond motifs is 2. The number of carbonyl (C=O) groups excluding carboxylic acids is 3. The van der Waals surface area contributed by atoms with Crippen molar-refractivity contribution in [3.63, 3.8) is 0 Å². The highest BCUT2D eigenvalue weighted by Gasteiger charge is 2.40. The maximum absolute atomic E-state index is 12.6. The number of hydrogen-bond acceptors (Lipinski definition) is 8. The Labute approximate surface area is 189 Å². The number of imide groups is 1. The minimum Gasteiger partial charge on any atom is -0.293 e. The summed E-state index contributed by atoms with van der Waals surface area (Å²) < 4.78 is 1.62. The Bertz CT molecular complexity index is 1440. The van der Waals surface area contributed by atoms with Crippen molar-refractivity contribution in [3.8, 4) is 11.3 Å². The van der Waals surface area contributed by atoms with Gasteiger partial charge in [0.05, 0.1) is 16.2 Å². The zero-order chi connectivity index (χ0) is 23.1. The molecule has 2 aromatic carbocycles. The van der Waals surface area contributed by atoms with Gasteiger partial charge >= 0.3 is 0 Å². The molecule has 0 saturated carbocycles. The normalized spacial score (nSPS) is 12.9. The number of nitrogens with zero attached hydrogens (tertiary/aromatic N) is 5. The topological polar surface area (TPSA) is 140 Å². The lowest BCUT2D eigenvalue weighted by atomic mass is 10.1. The third kappa shape index (κ3) is 3.51. The molecule has 0 aliphatic carbocycles. The first-order valence-corrected chi connectivity index (χ1v) is 10.6. The number of amides is 3. The number of aromatic nitrogens is 3. The first kappa shape index (κ1) is 20.5. The van der Waals surface area contributed by atoms with Crippen LogP contribution in [0, 0.1) is 10.1 Å². The van der Waals surface area contributed by atoms with Gasteiger partial charge in [-0.3, -0.25) is 34.7 Å². The highest BCUT2D eigenvalue weighted by atomic mass is 32.1. The second kappa shape index (κ2) is 7.91. The molecule has 5 rings (SSSR count). The van der Waals surface area contributed by atoms with Crippen molar-refractivity contribution in [2.24, 2.45) is 0 Å². The van der Waals surface area contributed by atoms with Gasteiger partial charge in [0.2, 0.25) is 16.8 Å². The van der Waals surface area contributed by atoms with Gasteiger partial charge in [-0.05, 0) is 6.07 Å². The zero-order valence-corrected chi connectivity index (χ0v) is 17.6. The predicted octanol–water partition coefficient (Wildman–Crippen LogP) is 2.99. The standard InChI is InChI=1S/C21H14N6O5S/c28-16(9-10-25-18(29)13-7-4-8-14(27(31)32)17(13)19(25)30)22-20-23-21-26(24-20)15(11-33-21)12-5-2-1-3-6-12/h1-8,11H,9-10H2,(H,22,24,28). The number of carbonyl (C=O) groups is 3. The summed E-state index contributed by atoms with van der Waals surface area (Å²) in [4.78, 5) is 53.8. The van der Waals surface area contributed by atoms with Gasteiger partial charge in [0.15, 0.2) is 0 Å². The number of nitro groups is 1. The van der Waals surface area contributed by atoms with E-state index in [4.69, 9.17) is 0 Å². The van der Waals surface area contributed by atoms with Gasteiger partial charge in [0.25, 0.3) is 17.5 Å². The van der Waals surface area contributed by atoms with Crippen LogP contribution in [0.5, 0.6) is 0 Å². The van der Waals surface area contributed by atoms with Gasteiger partial charge in [-0.1, -0.05) is 36.4 Å². The monoisotopic (exact) mass is 462 g/mol. The van der Waals surface area contributed by atoms with Gasteiger partial charge in [-0.2, -0.15) is 4.98 Å². The lowest BCUT2D eigenvalue weighted by Gasteiger charge is -2.12. The molecule has 0 radical (unpaired) electrons. The van der Waals surface area contributed by atoms with Gasteiger partial charge in [-0.25, -0.2) is 4.52 Å². The molecule has 3 heterocycles. The van der Waals surface area contributed by atoms with Crippen LogP contribution in [0.25, 0.3) is 16.2 Å².